The number of Topliss-reactive ketones (excluding diaryl/α,β-unsaturated/α-hetero) is 1. The Labute approximate surface area is 85.9 Å². The van der Waals surface area contributed by atoms with Gasteiger partial charge >= 0.3 is 0 Å². The number of nitrogens with zero attached hydrogens (tertiary/aromatic N) is 1. The lowest BCUT2D eigenvalue weighted by Crippen LogP contribution is -2.21. The Morgan fingerprint density at radius 3 is 2.71 bits per heavy atom. The molecule has 0 radical (unpaired) electrons. The summed E-state index contributed by atoms with van der Waals surface area (Å²) < 4.78 is 10.9. The van der Waals surface area contributed by atoms with Crippen LogP contribution in [0, 0.1) is 0 Å². The molecule has 1 aliphatic heterocycles. The standard InChI is InChI=1S/C9H11NO3S/c1-6(11)7-5-10-8(14-7)9(2)12-3-4-13-9/h5H,3-4H2,1-2H3. The van der Waals surface area contributed by atoms with Crippen molar-refractivity contribution in [2.45, 2.75) is 19.6 Å². The third-order valence-corrected chi connectivity index (χ3v) is 3.36. The van der Waals surface area contributed by atoms with Crippen molar-refractivity contribution in [1.29, 1.82) is 0 Å². The van der Waals surface area contributed by atoms with E-state index in [0.29, 0.717) is 23.1 Å². The molecule has 0 atom stereocenters. The van der Waals surface area contributed by atoms with Crippen LogP contribution >= 0.6 is 11.3 Å². The van der Waals surface area contributed by atoms with Crippen molar-refractivity contribution in [3.05, 3.63) is 16.1 Å². The number of rotatable bonds is 2. The van der Waals surface area contributed by atoms with E-state index in [1.54, 1.807) is 6.20 Å². The van der Waals surface area contributed by atoms with Gasteiger partial charge in [0.05, 0.1) is 18.1 Å². The van der Waals surface area contributed by atoms with Gasteiger partial charge in [0, 0.05) is 13.1 Å². The second-order valence-electron chi connectivity index (χ2n) is 3.23. The highest BCUT2D eigenvalue weighted by molar-refractivity contribution is 7.13. The Balaban J connectivity index is 2.28. The Morgan fingerprint density at radius 2 is 2.21 bits per heavy atom. The maximum atomic E-state index is 11.1. The molecule has 1 fully saturated rings. The van der Waals surface area contributed by atoms with Crippen LogP contribution in [0.5, 0.6) is 0 Å². The van der Waals surface area contributed by atoms with Crippen molar-refractivity contribution in [2.24, 2.45) is 0 Å². The summed E-state index contributed by atoms with van der Waals surface area (Å²) in [6.45, 7) is 4.50. The fourth-order valence-corrected chi connectivity index (χ4v) is 2.15. The number of thiazole rings is 1. The van der Waals surface area contributed by atoms with E-state index in [-0.39, 0.29) is 5.78 Å². The van der Waals surface area contributed by atoms with E-state index in [9.17, 15) is 4.79 Å². The topological polar surface area (TPSA) is 48.4 Å². The molecule has 1 saturated heterocycles. The fraction of sp³-hybridized carbons (Fsp3) is 0.556. The predicted octanol–water partition coefficient (Wildman–Crippen LogP) is 1.57. The predicted molar refractivity (Wildman–Crippen MR) is 51.4 cm³/mol. The summed E-state index contributed by atoms with van der Waals surface area (Å²) in [6, 6.07) is 0. The highest BCUT2D eigenvalue weighted by atomic mass is 32.1. The van der Waals surface area contributed by atoms with Crippen molar-refractivity contribution < 1.29 is 14.3 Å². The van der Waals surface area contributed by atoms with Crippen molar-refractivity contribution >= 4 is 17.1 Å². The lowest BCUT2D eigenvalue weighted by atomic mass is 10.3. The van der Waals surface area contributed by atoms with E-state index >= 15 is 0 Å². The van der Waals surface area contributed by atoms with Crippen molar-refractivity contribution in [2.75, 3.05) is 13.2 Å². The largest absolute Gasteiger partial charge is 0.342 e. The molecule has 0 saturated carbocycles. The van der Waals surface area contributed by atoms with Crippen LogP contribution in [0.2, 0.25) is 0 Å². The van der Waals surface area contributed by atoms with Crippen molar-refractivity contribution in [3.8, 4) is 0 Å². The first-order chi connectivity index (χ1) is 6.62. The molecule has 0 N–H and O–H groups in total. The molecule has 1 aromatic rings. The number of carbonyl (C=O) groups excluding carboxylic acids is 1. The van der Waals surface area contributed by atoms with E-state index in [1.165, 1.54) is 18.3 Å². The molecule has 14 heavy (non-hydrogen) atoms. The highest BCUT2D eigenvalue weighted by Gasteiger charge is 2.36. The minimum absolute atomic E-state index is 0.0235. The zero-order chi connectivity index (χ0) is 10.2. The molecule has 0 aliphatic carbocycles. The quantitative estimate of drug-likeness (QED) is 0.699. The molecule has 0 unspecified atom stereocenters. The van der Waals surface area contributed by atoms with Crippen LogP contribution in [0.1, 0.15) is 28.5 Å². The molecule has 0 amide bonds. The number of ether oxygens (including phenoxy) is 2. The zero-order valence-electron chi connectivity index (χ0n) is 8.07. The Kier molecular flexibility index (Phi) is 2.38. The molecule has 2 rings (SSSR count). The number of hydrogen-bond donors (Lipinski definition) is 0. The lowest BCUT2D eigenvalue weighted by Gasteiger charge is -2.18. The van der Waals surface area contributed by atoms with E-state index in [4.69, 9.17) is 9.47 Å². The second-order valence-corrected chi connectivity index (χ2v) is 4.26. The molecular formula is C9H11NO3S. The van der Waals surface area contributed by atoms with Gasteiger partial charge in [-0.3, -0.25) is 4.79 Å². The van der Waals surface area contributed by atoms with Crippen LogP contribution in [0.25, 0.3) is 0 Å². The van der Waals surface area contributed by atoms with Crippen molar-refractivity contribution in [1.82, 2.24) is 4.98 Å². The highest BCUT2D eigenvalue weighted by Crippen LogP contribution is 2.33. The monoisotopic (exact) mass is 213 g/mol. The third kappa shape index (κ3) is 1.58. The molecule has 0 spiro atoms. The van der Waals surface area contributed by atoms with Crippen LogP contribution in [0.15, 0.2) is 6.20 Å². The second kappa shape index (κ2) is 3.42. The molecule has 0 bridgehead atoms. The molecule has 4 nitrogen and oxygen atoms in total. The molecule has 1 aromatic heterocycles. The summed E-state index contributed by atoms with van der Waals surface area (Å²) in [5.74, 6) is -0.728. The summed E-state index contributed by atoms with van der Waals surface area (Å²) >= 11 is 1.33. The van der Waals surface area contributed by atoms with Crippen LogP contribution in [0.4, 0.5) is 0 Å². The Morgan fingerprint density at radius 1 is 1.57 bits per heavy atom. The molecular weight excluding hydrogens is 202 g/mol. The number of carbonyl (C=O) groups is 1. The smallest absolute Gasteiger partial charge is 0.219 e. The summed E-state index contributed by atoms with van der Waals surface area (Å²) in [4.78, 5) is 15.8. The SMILES string of the molecule is CC(=O)c1cnc(C2(C)OCCO2)s1. The van der Waals surface area contributed by atoms with E-state index in [2.05, 4.69) is 4.98 Å². The summed E-state index contributed by atoms with van der Waals surface area (Å²) in [6.07, 6.45) is 1.57. The number of ketones is 1. The van der Waals surface area contributed by atoms with Gasteiger partial charge in [0.1, 0.15) is 0 Å². The van der Waals surface area contributed by atoms with Gasteiger partial charge in [-0.05, 0) is 6.92 Å². The van der Waals surface area contributed by atoms with Gasteiger partial charge in [-0.1, -0.05) is 0 Å². The molecule has 5 heteroatoms. The maximum Gasteiger partial charge on any atom is 0.219 e. The maximum absolute atomic E-state index is 11.1. The van der Waals surface area contributed by atoms with Gasteiger partial charge in [-0.15, -0.1) is 11.3 Å². The molecule has 1 aliphatic rings. The third-order valence-electron chi connectivity index (χ3n) is 2.08. The van der Waals surface area contributed by atoms with Gasteiger partial charge in [0.15, 0.2) is 10.8 Å². The first kappa shape index (κ1) is 9.76. The van der Waals surface area contributed by atoms with Gasteiger partial charge in [0.25, 0.3) is 0 Å². The van der Waals surface area contributed by atoms with Crippen LogP contribution in [-0.2, 0) is 15.3 Å². The average molecular weight is 213 g/mol. The zero-order valence-corrected chi connectivity index (χ0v) is 8.89. The van der Waals surface area contributed by atoms with Gasteiger partial charge in [0.2, 0.25) is 5.79 Å². The van der Waals surface area contributed by atoms with Crippen LogP contribution < -0.4 is 0 Å². The van der Waals surface area contributed by atoms with Crippen molar-refractivity contribution in [3.63, 3.8) is 0 Å². The van der Waals surface area contributed by atoms with Crippen LogP contribution in [-0.4, -0.2) is 24.0 Å². The Hall–Kier alpha value is -0.780. The van der Waals surface area contributed by atoms with Gasteiger partial charge < -0.3 is 9.47 Å². The minimum Gasteiger partial charge on any atom is -0.342 e. The summed E-state index contributed by atoms with van der Waals surface area (Å²) in [5.41, 5.74) is 0. The van der Waals surface area contributed by atoms with Gasteiger partial charge in [-0.25, -0.2) is 4.98 Å². The van der Waals surface area contributed by atoms with E-state index in [1.807, 2.05) is 6.92 Å². The molecule has 76 valence electrons. The van der Waals surface area contributed by atoms with Crippen LogP contribution in [0.3, 0.4) is 0 Å². The minimum atomic E-state index is -0.752. The number of aromatic nitrogens is 1. The first-order valence-electron chi connectivity index (χ1n) is 4.37. The first-order valence-corrected chi connectivity index (χ1v) is 5.18. The summed E-state index contributed by atoms with van der Waals surface area (Å²) in [5, 5.41) is 0.709. The van der Waals surface area contributed by atoms with E-state index < -0.39 is 5.79 Å². The fourth-order valence-electron chi connectivity index (χ4n) is 1.28. The molecule has 2 heterocycles. The average Bonchev–Trinajstić information content (AvgIpc) is 2.71. The lowest BCUT2D eigenvalue weighted by molar-refractivity contribution is -0.149. The number of hydrogen-bond acceptors (Lipinski definition) is 5. The Bertz CT molecular complexity index is 355. The van der Waals surface area contributed by atoms with Gasteiger partial charge in [-0.2, -0.15) is 0 Å². The van der Waals surface area contributed by atoms with E-state index in [0.717, 1.165) is 0 Å². The molecule has 0 aromatic carbocycles. The summed E-state index contributed by atoms with van der Waals surface area (Å²) in [7, 11) is 0. The normalized spacial score (nSPS) is 19.9.